The molecule has 0 bridgehead atoms. The van der Waals surface area contributed by atoms with Crippen LogP contribution < -0.4 is 5.32 Å². The number of nitrogens with one attached hydrogen (secondary N) is 1. The van der Waals surface area contributed by atoms with Gasteiger partial charge in [0.1, 0.15) is 0 Å². The van der Waals surface area contributed by atoms with E-state index in [0.717, 1.165) is 4.88 Å². The number of hydrogen-bond donors (Lipinski definition) is 1. The van der Waals surface area contributed by atoms with E-state index in [1.165, 1.54) is 17.0 Å². The van der Waals surface area contributed by atoms with Crippen LogP contribution in [0.1, 0.15) is 40.0 Å². The normalized spacial score (nSPS) is 12.9. The molecule has 2 rings (SSSR count). The number of hydrogen-bond acceptors (Lipinski definition) is 4. The molecule has 1 aromatic heterocycles. The van der Waals surface area contributed by atoms with Crippen molar-refractivity contribution in [2.24, 2.45) is 0 Å². The van der Waals surface area contributed by atoms with Crippen molar-refractivity contribution in [1.82, 2.24) is 5.32 Å². The topological polar surface area (TPSA) is 63.2 Å². The van der Waals surface area contributed by atoms with Gasteiger partial charge in [0.25, 0.3) is 5.91 Å². The second-order valence-electron chi connectivity index (χ2n) is 5.07. The highest BCUT2D eigenvalue weighted by Crippen LogP contribution is 2.22. The number of benzene rings is 1. The van der Waals surface area contributed by atoms with Crippen molar-refractivity contribution in [3.8, 4) is 0 Å². The van der Waals surface area contributed by atoms with Crippen LogP contribution in [0.2, 0.25) is 0 Å². The Morgan fingerprint density at radius 2 is 1.82 bits per heavy atom. The van der Waals surface area contributed by atoms with Gasteiger partial charge in [-0.3, -0.25) is 4.79 Å². The van der Waals surface area contributed by atoms with Crippen molar-refractivity contribution in [2.45, 2.75) is 31.7 Å². The molecule has 2 aromatic rings. The van der Waals surface area contributed by atoms with Crippen molar-refractivity contribution in [1.29, 1.82) is 0 Å². The number of aryl methyl sites for hydroxylation is 1. The van der Waals surface area contributed by atoms with Gasteiger partial charge in [-0.2, -0.15) is 0 Å². The summed E-state index contributed by atoms with van der Waals surface area (Å²) >= 11 is 1.65. The van der Waals surface area contributed by atoms with E-state index >= 15 is 0 Å². The van der Waals surface area contributed by atoms with Gasteiger partial charge in [-0.1, -0.05) is 6.92 Å². The van der Waals surface area contributed by atoms with E-state index in [9.17, 15) is 13.2 Å². The van der Waals surface area contributed by atoms with Crippen molar-refractivity contribution in [3.63, 3.8) is 0 Å². The number of rotatable bonds is 5. The minimum Gasteiger partial charge on any atom is -0.345 e. The highest BCUT2D eigenvalue weighted by molar-refractivity contribution is 7.91. The molecule has 0 aliphatic carbocycles. The molecule has 0 radical (unpaired) electrons. The minimum absolute atomic E-state index is 0.0489. The van der Waals surface area contributed by atoms with Crippen LogP contribution in [0.15, 0.2) is 41.3 Å². The first-order chi connectivity index (χ1) is 10.3. The molecule has 1 atom stereocenters. The summed E-state index contributed by atoms with van der Waals surface area (Å²) in [5.74, 6) is -0.160. The minimum atomic E-state index is -3.23. The van der Waals surface area contributed by atoms with E-state index in [1.54, 1.807) is 30.4 Å². The molecule has 1 unspecified atom stereocenters. The van der Waals surface area contributed by atoms with Gasteiger partial charge in [-0.15, -0.1) is 11.3 Å². The number of thiophene rings is 1. The SMILES string of the molecule is CCS(=O)(=O)c1ccc(C(=O)NC(C)c2ccc(C)s2)cc1. The van der Waals surface area contributed by atoms with Gasteiger partial charge in [-0.25, -0.2) is 8.42 Å². The first kappa shape index (κ1) is 16.7. The molecule has 0 saturated heterocycles. The Labute approximate surface area is 135 Å². The van der Waals surface area contributed by atoms with Crippen LogP contribution in [-0.2, 0) is 9.84 Å². The zero-order chi connectivity index (χ0) is 16.3. The summed E-state index contributed by atoms with van der Waals surface area (Å²) in [7, 11) is -3.23. The molecule has 1 heterocycles. The fraction of sp³-hybridized carbons (Fsp3) is 0.312. The third-order valence-corrected chi connectivity index (χ3v) is 6.33. The first-order valence-corrected chi connectivity index (χ1v) is 9.50. The second kappa shape index (κ2) is 6.62. The number of sulfone groups is 1. The Kier molecular flexibility index (Phi) is 5.03. The van der Waals surface area contributed by atoms with Crippen LogP contribution >= 0.6 is 11.3 Å². The fourth-order valence-corrected chi connectivity index (χ4v) is 3.78. The Hall–Kier alpha value is -1.66. The molecule has 4 nitrogen and oxygen atoms in total. The molecule has 1 amide bonds. The van der Waals surface area contributed by atoms with E-state index in [0.29, 0.717) is 5.56 Å². The Morgan fingerprint density at radius 3 is 2.32 bits per heavy atom. The van der Waals surface area contributed by atoms with Crippen molar-refractivity contribution < 1.29 is 13.2 Å². The molecule has 0 spiro atoms. The van der Waals surface area contributed by atoms with Crippen LogP contribution in [0.4, 0.5) is 0 Å². The Balaban J connectivity index is 2.10. The smallest absolute Gasteiger partial charge is 0.251 e. The molecule has 1 aromatic carbocycles. The lowest BCUT2D eigenvalue weighted by Gasteiger charge is -2.12. The lowest BCUT2D eigenvalue weighted by Crippen LogP contribution is -2.26. The molecule has 22 heavy (non-hydrogen) atoms. The van der Waals surface area contributed by atoms with Gasteiger partial charge in [-0.05, 0) is 50.2 Å². The molecule has 0 saturated carbocycles. The molecule has 0 aliphatic heterocycles. The quantitative estimate of drug-likeness (QED) is 0.910. The van der Waals surface area contributed by atoms with Crippen molar-refractivity contribution >= 4 is 27.1 Å². The molecular formula is C16H19NO3S2. The predicted molar refractivity (Wildman–Crippen MR) is 89.1 cm³/mol. The molecule has 118 valence electrons. The maximum absolute atomic E-state index is 12.2. The second-order valence-corrected chi connectivity index (χ2v) is 8.67. The van der Waals surface area contributed by atoms with Crippen LogP contribution in [0, 0.1) is 6.92 Å². The van der Waals surface area contributed by atoms with Gasteiger partial charge in [0.2, 0.25) is 0 Å². The standard InChI is InChI=1S/C16H19NO3S2/c1-4-22(19,20)14-8-6-13(7-9-14)16(18)17-12(3)15-10-5-11(2)21-15/h5-10,12H,4H2,1-3H3,(H,17,18). The maximum Gasteiger partial charge on any atom is 0.251 e. The van der Waals surface area contributed by atoms with Gasteiger partial charge in [0.05, 0.1) is 16.7 Å². The zero-order valence-electron chi connectivity index (χ0n) is 12.8. The van der Waals surface area contributed by atoms with Crippen LogP contribution in [-0.4, -0.2) is 20.1 Å². The fourth-order valence-electron chi connectivity index (χ4n) is 2.02. The average molecular weight is 337 g/mol. The van der Waals surface area contributed by atoms with Crippen molar-refractivity contribution in [2.75, 3.05) is 5.75 Å². The summed E-state index contributed by atoms with van der Waals surface area (Å²) in [5.41, 5.74) is 0.454. The summed E-state index contributed by atoms with van der Waals surface area (Å²) in [4.78, 5) is 14.7. The largest absolute Gasteiger partial charge is 0.345 e. The summed E-state index contributed by atoms with van der Waals surface area (Å²) in [6.45, 7) is 5.55. The third kappa shape index (κ3) is 3.75. The zero-order valence-corrected chi connectivity index (χ0v) is 14.4. The summed E-state index contributed by atoms with van der Waals surface area (Å²) < 4.78 is 23.5. The lowest BCUT2D eigenvalue weighted by molar-refractivity contribution is 0.0940. The van der Waals surface area contributed by atoms with Gasteiger partial charge in [0.15, 0.2) is 9.84 Å². The average Bonchev–Trinajstić information content (AvgIpc) is 2.94. The van der Waals surface area contributed by atoms with E-state index < -0.39 is 9.84 Å². The summed E-state index contributed by atoms with van der Waals surface area (Å²) in [5, 5.41) is 2.92. The molecule has 6 heteroatoms. The number of amides is 1. The Bertz CT molecular complexity index is 761. The van der Waals surface area contributed by atoms with Crippen LogP contribution in [0.5, 0.6) is 0 Å². The molecule has 0 fully saturated rings. The molecule has 0 aliphatic rings. The predicted octanol–water partition coefficient (Wildman–Crippen LogP) is 3.34. The van der Waals surface area contributed by atoms with Gasteiger partial charge < -0.3 is 5.32 Å². The molecular weight excluding hydrogens is 318 g/mol. The number of carbonyl (C=O) groups is 1. The summed E-state index contributed by atoms with van der Waals surface area (Å²) in [6, 6.07) is 10.00. The van der Waals surface area contributed by atoms with E-state index in [2.05, 4.69) is 5.32 Å². The van der Waals surface area contributed by atoms with Crippen molar-refractivity contribution in [3.05, 3.63) is 51.7 Å². The van der Waals surface area contributed by atoms with E-state index in [4.69, 9.17) is 0 Å². The summed E-state index contributed by atoms with van der Waals surface area (Å²) in [6.07, 6.45) is 0. The molecule has 1 N–H and O–H groups in total. The Morgan fingerprint density at radius 1 is 1.18 bits per heavy atom. The van der Waals surface area contributed by atoms with Crippen LogP contribution in [0.3, 0.4) is 0 Å². The lowest BCUT2D eigenvalue weighted by atomic mass is 10.2. The van der Waals surface area contributed by atoms with Crippen LogP contribution in [0.25, 0.3) is 0 Å². The first-order valence-electron chi connectivity index (χ1n) is 7.03. The number of carbonyl (C=O) groups excluding carboxylic acids is 1. The maximum atomic E-state index is 12.2. The monoisotopic (exact) mass is 337 g/mol. The van der Waals surface area contributed by atoms with Gasteiger partial charge in [0, 0.05) is 15.3 Å². The van der Waals surface area contributed by atoms with E-state index in [1.807, 2.05) is 26.0 Å². The van der Waals surface area contributed by atoms with Gasteiger partial charge >= 0.3 is 0 Å². The highest BCUT2D eigenvalue weighted by atomic mass is 32.2. The highest BCUT2D eigenvalue weighted by Gasteiger charge is 2.15. The third-order valence-electron chi connectivity index (χ3n) is 3.39. The van der Waals surface area contributed by atoms with E-state index in [-0.39, 0.29) is 22.6 Å².